The number of nitrogens with two attached hydrogens (primary N) is 1. The van der Waals surface area contributed by atoms with Gasteiger partial charge in [0.1, 0.15) is 17.3 Å². The Morgan fingerprint density at radius 2 is 1.44 bits per heavy atom. The minimum atomic E-state index is -1.41. The van der Waals surface area contributed by atoms with Crippen LogP contribution in [0.5, 0.6) is 11.5 Å². The molecule has 0 saturated heterocycles. The van der Waals surface area contributed by atoms with Crippen LogP contribution < -0.4 is 19.5 Å². The van der Waals surface area contributed by atoms with Gasteiger partial charge in [-0.15, -0.1) is 0 Å². The molecule has 0 fully saturated rings. The number of anilines is 1. The van der Waals surface area contributed by atoms with Crippen LogP contribution in [0.15, 0.2) is 66.9 Å². The summed E-state index contributed by atoms with van der Waals surface area (Å²) in [5.41, 5.74) is 3.42. The lowest BCUT2D eigenvalue weighted by molar-refractivity contribution is 0.414. The highest BCUT2D eigenvalue weighted by atomic mass is 32.2. The second-order valence-electron chi connectivity index (χ2n) is 9.13. The molecule has 0 spiro atoms. The minimum Gasteiger partial charge on any atom is -0.497 e. The Bertz CT molecular complexity index is 1040. The molecule has 182 valence electrons. The molecule has 0 aliphatic heterocycles. The van der Waals surface area contributed by atoms with Crippen molar-refractivity contribution in [1.82, 2.24) is 4.98 Å². The molecule has 0 amide bonds. The number of nitrogens with zero attached hydrogens (tertiary/aromatic N) is 2. The van der Waals surface area contributed by atoms with E-state index in [2.05, 4.69) is 42.2 Å². The lowest BCUT2D eigenvalue weighted by Gasteiger charge is -2.30. The molecular weight excluding hydrogens is 446 g/mol. The number of pyridine rings is 1. The third-order valence-electron chi connectivity index (χ3n) is 6.05. The van der Waals surface area contributed by atoms with Gasteiger partial charge in [-0.3, -0.25) is 5.14 Å². The minimum absolute atomic E-state index is 0.125. The first-order chi connectivity index (χ1) is 16.2. The molecule has 1 aromatic heterocycles. The van der Waals surface area contributed by atoms with Gasteiger partial charge in [0.05, 0.1) is 30.0 Å². The number of hydrogen-bond acceptors (Lipinski definition) is 5. The molecule has 1 heterocycles. The summed E-state index contributed by atoms with van der Waals surface area (Å²) in [6, 6.07) is 20.3. The first-order valence-corrected chi connectivity index (χ1v) is 12.6. The molecule has 6 nitrogen and oxygen atoms in total. The van der Waals surface area contributed by atoms with E-state index >= 15 is 0 Å². The smallest absolute Gasteiger partial charge is 0.132 e. The predicted molar refractivity (Wildman–Crippen MR) is 140 cm³/mol. The molecule has 0 bridgehead atoms. The Morgan fingerprint density at radius 1 is 0.941 bits per heavy atom. The van der Waals surface area contributed by atoms with Gasteiger partial charge >= 0.3 is 0 Å². The van der Waals surface area contributed by atoms with E-state index in [4.69, 9.17) is 19.6 Å². The van der Waals surface area contributed by atoms with Crippen molar-refractivity contribution in [3.63, 3.8) is 0 Å². The fourth-order valence-corrected chi connectivity index (χ4v) is 4.51. The Morgan fingerprint density at radius 3 is 1.88 bits per heavy atom. The van der Waals surface area contributed by atoms with Crippen molar-refractivity contribution in [2.75, 3.05) is 19.1 Å². The van der Waals surface area contributed by atoms with Crippen molar-refractivity contribution in [3.05, 3.63) is 83.6 Å². The lowest BCUT2D eigenvalue weighted by atomic mass is 9.91. The summed E-state index contributed by atoms with van der Waals surface area (Å²) in [4.78, 5) is 7.08. The number of benzene rings is 2. The molecule has 7 heteroatoms. The van der Waals surface area contributed by atoms with Crippen LogP contribution in [-0.4, -0.2) is 28.2 Å². The normalized spacial score (nSPS) is 13.2. The number of aromatic nitrogens is 1. The van der Waals surface area contributed by atoms with Crippen LogP contribution in [0.3, 0.4) is 0 Å². The first kappa shape index (κ1) is 25.7. The fraction of sp³-hybridized carbons (Fsp3) is 0.370. The van der Waals surface area contributed by atoms with Gasteiger partial charge < -0.3 is 14.4 Å². The zero-order valence-corrected chi connectivity index (χ0v) is 21.5. The van der Waals surface area contributed by atoms with Crippen molar-refractivity contribution in [3.8, 4) is 11.5 Å². The highest BCUT2D eigenvalue weighted by Crippen LogP contribution is 2.34. The zero-order chi connectivity index (χ0) is 24.7. The number of hydrogen-bond donors (Lipinski definition) is 1. The lowest BCUT2D eigenvalue weighted by Crippen LogP contribution is -2.33. The van der Waals surface area contributed by atoms with Crippen LogP contribution in [0, 0.1) is 0 Å². The SMILES string of the molecule is COc1ccc(CN(Cc2ccc(OC)cc2)c2ncccc2[C@H](C)CC(C)(C)S(N)=O)cc1. The second kappa shape index (κ2) is 11.5. The van der Waals surface area contributed by atoms with Gasteiger partial charge in [0.2, 0.25) is 0 Å². The van der Waals surface area contributed by atoms with E-state index < -0.39 is 15.7 Å². The van der Waals surface area contributed by atoms with Crippen molar-refractivity contribution in [1.29, 1.82) is 0 Å². The van der Waals surface area contributed by atoms with E-state index in [-0.39, 0.29) is 5.92 Å². The third-order valence-corrected chi connectivity index (χ3v) is 7.31. The van der Waals surface area contributed by atoms with Gasteiger partial charge in [0.25, 0.3) is 0 Å². The summed E-state index contributed by atoms with van der Waals surface area (Å²) in [5, 5.41) is 5.77. The predicted octanol–water partition coefficient (Wildman–Crippen LogP) is 5.20. The Kier molecular flexibility index (Phi) is 8.69. The van der Waals surface area contributed by atoms with E-state index in [0.29, 0.717) is 19.5 Å². The topological polar surface area (TPSA) is 77.7 Å². The second-order valence-corrected chi connectivity index (χ2v) is 10.8. The quantitative estimate of drug-likeness (QED) is 0.407. The Hall–Kier alpha value is -2.90. The highest BCUT2D eigenvalue weighted by molar-refractivity contribution is 7.84. The van der Waals surface area contributed by atoms with E-state index in [1.165, 1.54) is 0 Å². The molecule has 2 atom stereocenters. The van der Waals surface area contributed by atoms with Crippen molar-refractivity contribution >= 4 is 16.8 Å². The maximum Gasteiger partial charge on any atom is 0.132 e. The molecule has 0 radical (unpaired) electrons. The van der Waals surface area contributed by atoms with E-state index in [9.17, 15) is 4.21 Å². The van der Waals surface area contributed by atoms with Gasteiger partial charge in [-0.1, -0.05) is 37.3 Å². The number of ether oxygens (including phenoxy) is 2. The van der Waals surface area contributed by atoms with Crippen LogP contribution in [0.25, 0.3) is 0 Å². The fourth-order valence-electron chi connectivity index (χ4n) is 4.10. The summed E-state index contributed by atoms with van der Waals surface area (Å²) in [6.45, 7) is 7.40. The summed E-state index contributed by atoms with van der Waals surface area (Å²) >= 11 is 0. The summed E-state index contributed by atoms with van der Waals surface area (Å²) in [5.74, 6) is 2.70. The standard InChI is InChI=1S/C27H35N3O3S/c1-20(17-27(2,3)34(28)31)25-7-6-16-29-26(25)30(18-21-8-12-23(32-4)13-9-21)19-22-10-14-24(33-5)15-11-22/h6-16,20H,17-19,28H2,1-5H3/t20-,34?/m1/s1. The molecule has 34 heavy (non-hydrogen) atoms. The number of rotatable bonds is 11. The van der Waals surface area contributed by atoms with E-state index in [1.54, 1.807) is 14.2 Å². The van der Waals surface area contributed by atoms with E-state index in [1.807, 2.05) is 50.4 Å². The van der Waals surface area contributed by atoms with Gasteiger partial charge in [0, 0.05) is 19.3 Å². The molecule has 2 aromatic carbocycles. The zero-order valence-electron chi connectivity index (χ0n) is 20.7. The molecular formula is C27H35N3O3S. The van der Waals surface area contributed by atoms with E-state index in [0.717, 1.165) is 34.0 Å². The van der Waals surface area contributed by atoms with Crippen LogP contribution in [-0.2, 0) is 24.1 Å². The largest absolute Gasteiger partial charge is 0.497 e. The molecule has 1 unspecified atom stereocenters. The van der Waals surface area contributed by atoms with Crippen molar-refractivity contribution in [2.24, 2.45) is 5.14 Å². The van der Waals surface area contributed by atoms with Gasteiger partial charge in [-0.25, -0.2) is 9.19 Å². The monoisotopic (exact) mass is 481 g/mol. The Balaban J connectivity index is 1.96. The molecule has 3 rings (SSSR count). The average Bonchev–Trinajstić information content (AvgIpc) is 2.84. The molecule has 2 N–H and O–H groups in total. The molecule has 0 aliphatic carbocycles. The third kappa shape index (κ3) is 6.58. The van der Waals surface area contributed by atoms with Gasteiger partial charge in [-0.2, -0.15) is 0 Å². The van der Waals surface area contributed by atoms with Crippen LogP contribution in [0.1, 0.15) is 49.8 Å². The summed E-state index contributed by atoms with van der Waals surface area (Å²) < 4.78 is 22.2. The summed E-state index contributed by atoms with van der Waals surface area (Å²) in [6.07, 6.45) is 2.51. The maximum absolute atomic E-state index is 12.1. The summed E-state index contributed by atoms with van der Waals surface area (Å²) in [7, 11) is 1.92. The van der Waals surface area contributed by atoms with Crippen molar-refractivity contribution < 1.29 is 13.7 Å². The molecule has 3 aromatic rings. The van der Waals surface area contributed by atoms with Gasteiger partial charge in [0.15, 0.2) is 0 Å². The van der Waals surface area contributed by atoms with Crippen LogP contribution >= 0.6 is 0 Å². The van der Waals surface area contributed by atoms with Gasteiger partial charge in [-0.05, 0) is 73.2 Å². The average molecular weight is 482 g/mol. The highest BCUT2D eigenvalue weighted by Gasteiger charge is 2.28. The Labute approximate surface area is 205 Å². The van der Waals surface area contributed by atoms with Crippen molar-refractivity contribution in [2.45, 2.75) is 50.9 Å². The van der Waals surface area contributed by atoms with Crippen LogP contribution in [0.4, 0.5) is 5.82 Å². The first-order valence-electron chi connectivity index (χ1n) is 11.4. The molecule has 0 saturated carbocycles. The van der Waals surface area contributed by atoms with Crippen LogP contribution in [0.2, 0.25) is 0 Å². The number of methoxy groups -OCH3 is 2. The molecule has 0 aliphatic rings. The maximum atomic E-state index is 12.1.